The molecule has 0 atom stereocenters. The van der Waals surface area contributed by atoms with Crippen molar-refractivity contribution in [2.45, 2.75) is 13.7 Å². The van der Waals surface area contributed by atoms with Gasteiger partial charge in [0, 0.05) is 29.0 Å². The highest BCUT2D eigenvalue weighted by molar-refractivity contribution is 6.30. The van der Waals surface area contributed by atoms with E-state index in [1.807, 2.05) is 6.92 Å². The molecule has 0 unspecified atom stereocenters. The van der Waals surface area contributed by atoms with Gasteiger partial charge in [0.1, 0.15) is 5.75 Å². The third-order valence-electron chi connectivity index (χ3n) is 3.70. The lowest BCUT2D eigenvalue weighted by atomic mass is 10.2. The van der Waals surface area contributed by atoms with Gasteiger partial charge in [0.25, 0.3) is 11.6 Å². The lowest BCUT2D eigenvalue weighted by Gasteiger charge is -2.09. The molecule has 27 heavy (non-hydrogen) atoms. The van der Waals surface area contributed by atoms with Crippen LogP contribution in [-0.4, -0.2) is 20.6 Å². The number of nitro benzene ring substituents is 1. The van der Waals surface area contributed by atoms with Crippen LogP contribution in [0.4, 0.5) is 11.4 Å². The molecule has 0 fully saturated rings. The fourth-order valence-electron chi connectivity index (χ4n) is 2.33. The molecule has 2 aromatic carbocycles. The Labute approximate surface area is 159 Å². The van der Waals surface area contributed by atoms with E-state index in [0.29, 0.717) is 16.5 Å². The predicted octanol–water partition coefficient (Wildman–Crippen LogP) is 4.04. The van der Waals surface area contributed by atoms with Crippen molar-refractivity contribution in [3.8, 4) is 5.75 Å². The van der Waals surface area contributed by atoms with Crippen LogP contribution in [0.3, 0.4) is 0 Å². The molecule has 0 saturated heterocycles. The van der Waals surface area contributed by atoms with Crippen molar-refractivity contribution >= 4 is 28.9 Å². The van der Waals surface area contributed by atoms with Gasteiger partial charge in [-0.15, -0.1) is 0 Å². The average Bonchev–Trinajstić information content (AvgIpc) is 3.10. The fraction of sp³-hybridized carbons (Fsp3) is 0.111. The number of halogens is 1. The summed E-state index contributed by atoms with van der Waals surface area (Å²) in [5, 5.41) is 18.1. The smallest absolute Gasteiger partial charge is 0.276 e. The van der Waals surface area contributed by atoms with Crippen LogP contribution < -0.4 is 10.1 Å². The minimum atomic E-state index is -0.504. The Bertz CT molecular complexity index is 985. The standard InChI is InChI=1S/C18H15ClN4O4/c1-12-10-13(19)2-7-17(12)27-11-22-9-8-16(21-22)18(24)20-14-3-5-15(6-4-14)23(25)26/h2-10H,11H2,1H3,(H,20,24). The first-order chi connectivity index (χ1) is 12.9. The summed E-state index contributed by atoms with van der Waals surface area (Å²) in [4.78, 5) is 22.4. The molecule has 3 rings (SSSR count). The van der Waals surface area contributed by atoms with E-state index in [4.69, 9.17) is 16.3 Å². The lowest BCUT2D eigenvalue weighted by Crippen LogP contribution is -2.14. The van der Waals surface area contributed by atoms with Crippen molar-refractivity contribution in [2.24, 2.45) is 0 Å². The number of anilines is 1. The van der Waals surface area contributed by atoms with E-state index in [1.54, 1.807) is 30.5 Å². The van der Waals surface area contributed by atoms with E-state index in [9.17, 15) is 14.9 Å². The number of ether oxygens (including phenoxy) is 1. The second-order valence-corrected chi connectivity index (χ2v) is 6.12. The highest BCUT2D eigenvalue weighted by atomic mass is 35.5. The first kappa shape index (κ1) is 18.4. The maximum absolute atomic E-state index is 12.2. The number of aromatic nitrogens is 2. The van der Waals surface area contributed by atoms with E-state index >= 15 is 0 Å². The molecule has 9 heteroatoms. The number of aryl methyl sites for hydroxylation is 1. The number of rotatable bonds is 6. The number of benzene rings is 2. The first-order valence-electron chi connectivity index (χ1n) is 7.90. The van der Waals surface area contributed by atoms with Crippen molar-refractivity contribution in [1.29, 1.82) is 0 Å². The lowest BCUT2D eigenvalue weighted by molar-refractivity contribution is -0.384. The monoisotopic (exact) mass is 386 g/mol. The number of amides is 1. The molecule has 1 heterocycles. The van der Waals surface area contributed by atoms with Gasteiger partial charge in [0.15, 0.2) is 12.4 Å². The zero-order valence-corrected chi connectivity index (χ0v) is 15.0. The van der Waals surface area contributed by atoms with Crippen LogP contribution >= 0.6 is 11.6 Å². The third kappa shape index (κ3) is 4.62. The number of nitrogens with zero attached hydrogens (tertiary/aromatic N) is 3. The number of hydrogen-bond donors (Lipinski definition) is 1. The summed E-state index contributed by atoms with van der Waals surface area (Å²) in [6.07, 6.45) is 1.62. The number of non-ortho nitro benzene ring substituents is 1. The molecule has 0 spiro atoms. The number of nitro groups is 1. The van der Waals surface area contributed by atoms with Gasteiger partial charge in [-0.2, -0.15) is 5.10 Å². The number of nitrogens with one attached hydrogen (secondary N) is 1. The Morgan fingerprint density at radius 2 is 2.00 bits per heavy atom. The summed E-state index contributed by atoms with van der Waals surface area (Å²) in [6, 6.07) is 12.4. The second-order valence-electron chi connectivity index (χ2n) is 5.68. The summed E-state index contributed by atoms with van der Waals surface area (Å²) in [7, 11) is 0. The molecular weight excluding hydrogens is 372 g/mol. The zero-order valence-electron chi connectivity index (χ0n) is 14.3. The summed E-state index contributed by atoms with van der Waals surface area (Å²) in [5.74, 6) is 0.247. The number of hydrogen-bond acceptors (Lipinski definition) is 5. The SMILES string of the molecule is Cc1cc(Cl)ccc1OCn1ccc(C(=O)Nc2ccc([N+](=O)[O-])cc2)n1. The van der Waals surface area contributed by atoms with Crippen LogP contribution in [-0.2, 0) is 6.73 Å². The van der Waals surface area contributed by atoms with Gasteiger partial charge in [-0.25, -0.2) is 4.68 Å². The normalized spacial score (nSPS) is 10.4. The topological polar surface area (TPSA) is 99.3 Å². The van der Waals surface area contributed by atoms with E-state index in [2.05, 4.69) is 10.4 Å². The molecule has 0 aliphatic heterocycles. The predicted molar refractivity (Wildman–Crippen MR) is 100 cm³/mol. The van der Waals surface area contributed by atoms with Crippen molar-refractivity contribution in [2.75, 3.05) is 5.32 Å². The molecule has 0 radical (unpaired) electrons. The van der Waals surface area contributed by atoms with Gasteiger partial charge < -0.3 is 10.1 Å². The maximum Gasteiger partial charge on any atom is 0.276 e. The Hall–Kier alpha value is -3.39. The van der Waals surface area contributed by atoms with Crippen LogP contribution in [0.1, 0.15) is 16.1 Å². The van der Waals surface area contributed by atoms with Crippen LogP contribution in [0.15, 0.2) is 54.7 Å². The molecule has 3 aromatic rings. The molecule has 1 N–H and O–H groups in total. The molecular formula is C18H15ClN4O4. The minimum Gasteiger partial charge on any atom is -0.471 e. The molecule has 0 aliphatic carbocycles. The number of carbonyl (C=O) groups is 1. The van der Waals surface area contributed by atoms with Gasteiger partial charge in [-0.3, -0.25) is 14.9 Å². The number of carbonyl (C=O) groups excluding carboxylic acids is 1. The van der Waals surface area contributed by atoms with E-state index in [1.165, 1.54) is 28.9 Å². The average molecular weight is 387 g/mol. The molecule has 1 aromatic heterocycles. The van der Waals surface area contributed by atoms with Gasteiger partial charge >= 0.3 is 0 Å². The molecule has 8 nitrogen and oxygen atoms in total. The molecule has 138 valence electrons. The summed E-state index contributed by atoms with van der Waals surface area (Å²) >= 11 is 5.91. The van der Waals surface area contributed by atoms with Crippen LogP contribution in [0.25, 0.3) is 0 Å². The van der Waals surface area contributed by atoms with E-state index < -0.39 is 10.8 Å². The second kappa shape index (κ2) is 7.88. The first-order valence-corrected chi connectivity index (χ1v) is 8.28. The van der Waals surface area contributed by atoms with Crippen molar-refractivity contribution in [1.82, 2.24) is 9.78 Å². The van der Waals surface area contributed by atoms with Crippen molar-refractivity contribution < 1.29 is 14.5 Å². The quantitative estimate of drug-likeness (QED) is 0.509. The van der Waals surface area contributed by atoms with Crippen LogP contribution in [0.2, 0.25) is 5.02 Å². The molecule has 0 bridgehead atoms. The summed E-state index contributed by atoms with van der Waals surface area (Å²) < 4.78 is 7.16. The van der Waals surface area contributed by atoms with Crippen LogP contribution in [0.5, 0.6) is 5.75 Å². The van der Waals surface area contributed by atoms with E-state index in [-0.39, 0.29) is 18.1 Å². The summed E-state index contributed by atoms with van der Waals surface area (Å²) in [5.41, 5.74) is 1.48. The van der Waals surface area contributed by atoms with Gasteiger partial charge in [-0.1, -0.05) is 11.6 Å². The van der Waals surface area contributed by atoms with Gasteiger partial charge in [0.05, 0.1) is 4.92 Å². The van der Waals surface area contributed by atoms with Crippen molar-refractivity contribution in [3.05, 3.63) is 81.1 Å². The molecule has 0 saturated carbocycles. The molecule has 0 aliphatic rings. The van der Waals surface area contributed by atoms with Gasteiger partial charge in [0.2, 0.25) is 0 Å². The Balaban J connectivity index is 1.61. The molecule has 1 amide bonds. The van der Waals surface area contributed by atoms with Crippen LogP contribution in [0, 0.1) is 17.0 Å². The zero-order chi connectivity index (χ0) is 19.4. The van der Waals surface area contributed by atoms with Crippen molar-refractivity contribution in [3.63, 3.8) is 0 Å². The third-order valence-corrected chi connectivity index (χ3v) is 3.93. The highest BCUT2D eigenvalue weighted by Gasteiger charge is 2.11. The maximum atomic E-state index is 12.2. The van der Waals surface area contributed by atoms with E-state index in [0.717, 1.165) is 5.56 Å². The Morgan fingerprint density at radius 3 is 2.67 bits per heavy atom. The highest BCUT2D eigenvalue weighted by Crippen LogP contribution is 2.22. The largest absolute Gasteiger partial charge is 0.471 e. The Kier molecular flexibility index (Phi) is 5.37. The Morgan fingerprint density at radius 1 is 1.26 bits per heavy atom. The van der Waals surface area contributed by atoms with Gasteiger partial charge in [-0.05, 0) is 48.9 Å². The minimum absolute atomic E-state index is 0.0491. The summed E-state index contributed by atoms with van der Waals surface area (Å²) in [6.45, 7) is 2.01. The fourth-order valence-corrected chi connectivity index (χ4v) is 2.55.